The predicted octanol–water partition coefficient (Wildman–Crippen LogP) is 2.42. The first kappa shape index (κ1) is 12.9. The average molecular weight is 250 g/mol. The second kappa shape index (κ2) is 5.85. The van der Waals surface area contributed by atoms with Gasteiger partial charge in [0.15, 0.2) is 0 Å². The molecule has 1 aliphatic heterocycles. The normalized spacial score (nSPS) is 16.7. The van der Waals surface area contributed by atoms with Crippen LogP contribution >= 0.6 is 0 Å². The second-order valence-corrected chi connectivity index (χ2v) is 4.82. The van der Waals surface area contributed by atoms with Crippen LogP contribution in [-0.4, -0.2) is 31.1 Å². The molecule has 1 aromatic carbocycles. The van der Waals surface area contributed by atoms with E-state index in [1.807, 2.05) is 17.0 Å². The first-order chi connectivity index (χ1) is 8.69. The van der Waals surface area contributed by atoms with Crippen molar-refractivity contribution in [1.29, 1.82) is 0 Å². The van der Waals surface area contributed by atoms with Gasteiger partial charge in [-0.2, -0.15) is 0 Å². The number of nitrogens with zero attached hydrogens (tertiary/aromatic N) is 1. The Morgan fingerprint density at radius 1 is 1.33 bits per heavy atom. The first-order valence-electron chi connectivity index (χ1n) is 6.40. The summed E-state index contributed by atoms with van der Waals surface area (Å²) in [6, 6.07) is 6.72. The van der Waals surface area contributed by atoms with E-state index in [1.54, 1.807) is 7.05 Å². The van der Waals surface area contributed by atoms with Crippen LogP contribution in [-0.2, 0) is 6.42 Å². The Balaban J connectivity index is 1.83. The third-order valence-electron chi connectivity index (χ3n) is 3.55. The van der Waals surface area contributed by atoms with Gasteiger partial charge >= 0.3 is 6.03 Å². The SMILES string of the molecule is CNC(=O)N1CCC(Cc2ccc(F)cc2)CC1. The molecule has 0 bridgehead atoms. The smallest absolute Gasteiger partial charge is 0.317 e. The molecule has 1 fully saturated rings. The Morgan fingerprint density at radius 3 is 2.50 bits per heavy atom. The van der Waals surface area contributed by atoms with Gasteiger partial charge in [-0.05, 0) is 42.9 Å². The maximum Gasteiger partial charge on any atom is 0.317 e. The lowest BCUT2D eigenvalue weighted by atomic mass is 9.90. The number of nitrogens with one attached hydrogen (secondary N) is 1. The molecule has 98 valence electrons. The van der Waals surface area contributed by atoms with Gasteiger partial charge in [-0.3, -0.25) is 0 Å². The van der Waals surface area contributed by atoms with E-state index in [4.69, 9.17) is 0 Å². The van der Waals surface area contributed by atoms with E-state index in [0.717, 1.165) is 32.4 Å². The third kappa shape index (κ3) is 3.22. The van der Waals surface area contributed by atoms with Gasteiger partial charge in [0.25, 0.3) is 0 Å². The minimum atomic E-state index is -0.187. The maximum absolute atomic E-state index is 12.8. The van der Waals surface area contributed by atoms with Crippen LogP contribution in [0, 0.1) is 11.7 Å². The topological polar surface area (TPSA) is 32.3 Å². The molecule has 1 aliphatic rings. The number of rotatable bonds is 2. The van der Waals surface area contributed by atoms with Crippen molar-refractivity contribution in [2.45, 2.75) is 19.3 Å². The van der Waals surface area contributed by atoms with Crippen molar-refractivity contribution in [3.8, 4) is 0 Å². The van der Waals surface area contributed by atoms with Crippen LogP contribution in [0.15, 0.2) is 24.3 Å². The van der Waals surface area contributed by atoms with Crippen molar-refractivity contribution < 1.29 is 9.18 Å². The van der Waals surface area contributed by atoms with Crippen LogP contribution in [0.5, 0.6) is 0 Å². The fourth-order valence-electron chi connectivity index (χ4n) is 2.45. The highest BCUT2D eigenvalue weighted by atomic mass is 19.1. The maximum atomic E-state index is 12.8. The van der Waals surface area contributed by atoms with Gasteiger partial charge in [0.2, 0.25) is 0 Å². The predicted molar refractivity (Wildman–Crippen MR) is 68.9 cm³/mol. The van der Waals surface area contributed by atoms with Gasteiger partial charge < -0.3 is 10.2 Å². The summed E-state index contributed by atoms with van der Waals surface area (Å²) in [5.41, 5.74) is 1.18. The van der Waals surface area contributed by atoms with Crippen LogP contribution in [0.25, 0.3) is 0 Å². The van der Waals surface area contributed by atoms with E-state index in [0.29, 0.717) is 5.92 Å². The fourth-order valence-corrected chi connectivity index (χ4v) is 2.45. The first-order valence-corrected chi connectivity index (χ1v) is 6.40. The summed E-state index contributed by atoms with van der Waals surface area (Å²) >= 11 is 0. The number of urea groups is 1. The number of carbonyl (C=O) groups excluding carboxylic acids is 1. The van der Waals surface area contributed by atoms with Crippen LogP contribution in [0.4, 0.5) is 9.18 Å². The summed E-state index contributed by atoms with van der Waals surface area (Å²) in [6.45, 7) is 1.62. The fraction of sp³-hybridized carbons (Fsp3) is 0.500. The van der Waals surface area contributed by atoms with E-state index in [2.05, 4.69) is 5.32 Å². The van der Waals surface area contributed by atoms with Crippen LogP contribution in [0.2, 0.25) is 0 Å². The number of hydrogen-bond donors (Lipinski definition) is 1. The molecule has 3 nitrogen and oxygen atoms in total. The zero-order valence-corrected chi connectivity index (χ0v) is 10.7. The molecular formula is C14H19FN2O. The molecule has 1 aromatic rings. The summed E-state index contributed by atoms with van der Waals surface area (Å²) in [6.07, 6.45) is 3.01. The van der Waals surface area contributed by atoms with Crippen molar-refractivity contribution in [3.63, 3.8) is 0 Å². The van der Waals surface area contributed by atoms with Crippen LogP contribution < -0.4 is 5.32 Å². The lowest BCUT2D eigenvalue weighted by molar-refractivity contribution is 0.172. The highest BCUT2D eigenvalue weighted by molar-refractivity contribution is 5.73. The Kier molecular flexibility index (Phi) is 4.18. The molecule has 0 radical (unpaired) electrons. The number of piperidine rings is 1. The summed E-state index contributed by atoms with van der Waals surface area (Å²) in [5.74, 6) is 0.407. The Labute approximate surface area is 107 Å². The van der Waals surface area contributed by atoms with Crippen LogP contribution in [0.1, 0.15) is 18.4 Å². The molecule has 0 saturated carbocycles. The highest BCUT2D eigenvalue weighted by Gasteiger charge is 2.22. The standard InChI is InChI=1S/C14H19FN2O/c1-16-14(18)17-8-6-12(7-9-17)10-11-2-4-13(15)5-3-11/h2-5,12H,6-10H2,1H3,(H,16,18). The average Bonchev–Trinajstić information content (AvgIpc) is 2.41. The largest absolute Gasteiger partial charge is 0.341 e. The third-order valence-corrected chi connectivity index (χ3v) is 3.55. The molecular weight excluding hydrogens is 231 g/mol. The number of hydrogen-bond acceptors (Lipinski definition) is 1. The van der Waals surface area contributed by atoms with Crippen molar-refractivity contribution in [1.82, 2.24) is 10.2 Å². The van der Waals surface area contributed by atoms with E-state index >= 15 is 0 Å². The molecule has 4 heteroatoms. The molecule has 0 aromatic heterocycles. The van der Waals surface area contributed by atoms with Gasteiger partial charge in [-0.25, -0.2) is 9.18 Å². The van der Waals surface area contributed by atoms with Gasteiger partial charge in [-0.1, -0.05) is 12.1 Å². The summed E-state index contributed by atoms with van der Waals surface area (Å²) in [4.78, 5) is 13.3. The molecule has 1 heterocycles. The summed E-state index contributed by atoms with van der Waals surface area (Å²) < 4.78 is 12.8. The molecule has 18 heavy (non-hydrogen) atoms. The zero-order chi connectivity index (χ0) is 13.0. The van der Waals surface area contributed by atoms with E-state index in [9.17, 15) is 9.18 Å². The molecule has 2 amide bonds. The lowest BCUT2D eigenvalue weighted by Gasteiger charge is -2.31. The second-order valence-electron chi connectivity index (χ2n) is 4.82. The minimum Gasteiger partial charge on any atom is -0.341 e. The van der Waals surface area contributed by atoms with E-state index < -0.39 is 0 Å². The van der Waals surface area contributed by atoms with Gasteiger partial charge in [0, 0.05) is 20.1 Å². The number of likely N-dealkylation sites (tertiary alicyclic amines) is 1. The molecule has 0 aliphatic carbocycles. The molecule has 0 unspecified atom stereocenters. The molecule has 1 saturated heterocycles. The van der Waals surface area contributed by atoms with E-state index in [-0.39, 0.29) is 11.8 Å². The lowest BCUT2D eigenvalue weighted by Crippen LogP contribution is -2.43. The number of benzene rings is 1. The van der Waals surface area contributed by atoms with Crippen molar-refractivity contribution >= 4 is 6.03 Å². The number of halogens is 1. The molecule has 0 atom stereocenters. The molecule has 1 N–H and O–H groups in total. The van der Waals surface area contributed by atoms with Crippen molar-refractivity contribution in [2.75, 3.05) is 20.1 Å². The molecule has 0 spiro atoms. The monoisotopic (exact) mass is 250 g/mol. The quantitative estimate of drug-likeness (QED) is 0.859. The summed E-state index contributed by atoms with van der Waals surface area (Å²) in [7, 11) is 1.66. The number of carbonyl (C=O) groups is 1. The van der Waals surface area contributed by atoms with Crippen molar-refractivity contribution in [2.24, 2.45) is 5.92 Å². The van der Waals surface area contributed by atoms with Gasteiger partial charge in [-0.15, -0.1) is 0 Å². The Morgan fingerprint density at radius 2 is 1.94 bits per heavy atom. The number of amides is 2. The summed E-state index contributed by atoms with van der Waals surface area (Å²) in [5, 5.41) is 2.65. The van der Waals surface area contributed by atoms with Crippen molar-refractivity contribution in [3.05, 3.63) is 35.6 Å². The zero-order valence-electron chi connectivity index (χ0n) is 10.7. The van der Waals surface area contributed by atoms with Gasteiger partial charge in [0.05, 0.1) is 0 Å². The molecule has 2 rings (SSSR count). The Hall–Kier alpha value is -1.58. The van der Waals surface area contributed by atoms with Crippen LogP contribution in [0.3, 0.4) is 0 Å². The van der Waals surface area contributed by atoms with E-state index in [1.165, 1.54) is 17.7 Å². The minimum absolute atomic E-state index is 0.00947. The van der Waals surface area contributed by atoms with Gasteiger partial charge in [0.1, 0.15) is 5.82 Å². The highest BCUT2D eigenvalue weighted by Crippen LogP contribution is 2.21. The Bertz CT molecular complexity index is 397.